The second-order valence-corrected chi connectivity index (χ2v) is 8.41. The molecule has 0 bridgehead atoms. The number of anilines is 1. The number of nitrogens with one attached hydrogen (secondary N) is 4. The Hall–Kier alpha value is -3.44. The van der Waals surface area contributed by atoms with E-state index in [2.05, 4.69) is 20.9 Å². The third kappa shape index (κ3) is 7.72. The molecule has 2 rings (SSSR count). The highest BCUT2D eigenvalue weighted by Gasteiger charge is 2.22. The maximum Gasteiger partial charge on any atom is 0.276 e. The number of carbonyl (C=O) groups is 3. The van der Waals surface area contributed by atoms with Gasteiger partial charge in [-0.25, -0.2) is 8.42 Å². The van der Waals surface area contributed by atoms with Crippen LogP contribution < -0.4 is 25.6 Å². The molecule has 31 heavy (non-hydrogen) atoms. The Morgan fingerprint density at radius 3 is 2.32 bits per heavy atom. The van der Waals surface area contributed by atoms with E-state index in [1.54, 1.807) is 18.2 Å². The van der Waals surface area contributed by atoms with Crippen LogP contribution in [0.5, 0.6) is 5.75 Å². The first-order valence-electron chi connectivity index (χ1n) is 9.25. The highest BCUT2D eigenvalue weighted by atomic mass is 32.2. The van der Waals surface area contributed by atoms with Gasteiger partial charge in [-0.05, 0) is 55.8 Å². The summed E-state index contributed by atoms with van der Waals surface area (Å²) in [6, 6.07) is 11.4. The van der Waals surface area contributed by atoms with Crippen molar-refractivity contribution in [3.8, 4) is 5.75 Å². The number of hydrogen-bond donors (Lipinski definition) is 4. The molecule has 0 radical (unpaired) electrons. The van der Waals surface area contributed by atoms with E-state index in [0.717, 1.165) is 5.56 Å². The second-order valence-electron chi connectivity index (χ2n) is 6.69. The van der Waals surface area contributed by atoms with E-state index in [0.29, 0.717) is 11.4 Å². The van der Waals surface area contributed by atoms with E-state index < -0.39 is 27.9 Å². The number of carbonyl (C=O) groups excluding carboxylic acids is 3. The SMILES string of the molecule is CC(=O)Nc1ccc(S(=O)(=O)N[C@@H](C)C(=O)NNC(=O)COc2cccc(C)c2)cc1. The molecule has 10 nitrogen and oxygen atoms in total. The number of aryl methyl sites for hydroxylation is 1. The van der Waals surface area contributed by atoms with Crippen LogP contribution in [0.15, 0.2) is 53.4 Å². The molecule has 3 amide bonds. The summed E-state index contributed by atoms with van der Waals surface area (Å²) in [6.07, 6.45) is 0. The number of ether oxygens (including phenoxy) is 1. The predicted molar refractivity (Wildman–Crippen MR) is 113 cm³/mol. The predicted octanol–water partition coefficient (Wildman–Crippen LogP) is 0.847. The molecule has 0 aliphatic carbocycles. The summed E-state index contributed by atoms with van der Waals surface area (Å²) >= 11 is 0. The number of benzene rings is 2. The molecule has 2 aromatic carbocycles. The molecule has 0 aliphatic rings. The Morgan fingerprint density at radius 1 is 1.03 bits per heavy atom. The number of sulfonamides is 1. The Morgan fingerprint density at radius 2 is 1.71 bits per heavy atom. The number of hydrogen-bond acceptors (Lipinski definition) is 6. The van der Waals surface area contributed by atoms with Gasteiger partial charge in [0.1, 0.15) is 5.75 Å². The molecule has 166 valence electrons. The summed E-state index contributed by atoms with van der Waals surface area (Å²) in [5.41, 5.74) is 5.71. The molecule has 0 spiro atoms. The van der Waals surface area contributed by atoms with Crippen molar-refractivity contribution in [1.29, 1.82) is 0 Å². The van der Waals surface area contributed by atoms with Crippen LogP contribution in [0.25, 0.3) is 0 Å². The van der Waals surface area contributed by atoms with Crippen LogP contribution in [0.2, 0.25) is 0 Å². The van der Waals surface area contributed by atoms with Gasteiger partial charge in [-0.3, -0.25) is 25.2 Å². The molecular formula is C20H24N4O6S. The lowest BCUT2D eigenvalue weighted by Crippen LogP contribution is -2.51. The normalized spacial score (nSPS) is 11.8. The summed E-state index contributed by atoms with van der Waals surface area (Å²) < 4.78 is 32.4. The van der Waals surface area contributed by atoms with Crippen molar-refractivity contribution in [2.75, 3.05) is 11.9 Å². The molecular weight excluding hydrogens is 424 g/mol. The third-order valence-corrected chi connectivity index (χ3v) is 5.45. The molecule has 0 unspecified atom stereocenters. The first-order chi connectivity index (χ1) is 14.6. The Labute approximate surface area is 180 Å². The largest absolute Gasteiger partial charge is 0.484 e. The van der Waals surface area contributed by atoms with Gasteiger partial charge in [-0.2, -0.15) is 4.72 Å². The van der Waals surface area contributed by atoms with Gasteiger partial charge in [0.2, 0.25) is 15.9 Å². The van der Waals surface area contributed by atoms with Gasteiger partial charge in [0.15, 0.2) is 6.61 Å². The fraction of sp³-hybridized carbons (Fsp3) is 0.250. The van der Waals surface area contributed by atoms with Crippen LogP contribution in [-0.4, -0.2) is 38.8 Å². The van der Waals surface area contributed by atoms with Crippen molar-refractivity contribution in [2.45, 2.75) is 31.7 Å². The maximum absolute atomic E-state index is 12.4. The Bertz CT molecular complexity index is 1050. The van der Waals surface area contributed by atoms with Crippen LogP contribution in [-0.2, 0) is 24.4 Å². The van der Waals surface area contributed by atoms with Crippen LogP contribution in [0.4, 0.5) is 5.69 Å². The van der Waals surface area contributed by atoms with Crippen LogP contribution in [0, 0.1) is 6.92 Å². The zero-order chi connectivity index (χ0) is 23.0. The molecule has 0 aromatic heterocycles. The third-order valence-electron chi connectivity index (χ3n) is 3.89. The van der Waals surface area contributed by atoms with Crippen molar-refractivity contribution >= 4 is 33.4 Å². The molecule has 0 saturated carbocycles. The van der Waals surface area contributed by atoms with Crippen molar-refractivity contribution < 1.29 is 27.5 Å². The summed E-state index contributed by atoms with van der Waals surface area (Å²) in [5.74, 6) is -1.15. The maximum atomic E-state index is 12.4. The minimum Gasteiger partial charge on any atom is -0.484 e. The molecule has 1 atom stereocenters. The molecule has 4 N–H and O–H groups in total. The van der Waals surface area contributed by atoms with Crippen molar-refractivity contribution in [1.82, 2.24) is 15.6 Å². The van der Waals surface area contributed by atoms with E-state index >= 15 is 0 Å². The summed E-state index contributed by atoms with van der Waals surface area (Å²) in [7, 11) is -4.00. The minimum absolute atomic E-state index is 0.0863. The fourth-order valence-corrected chi connectivity index (χ4v) is 3.61. The smallest absolute Gasteiger partial charge is 0.276 e. The lowest BCUT2D eigenvalue weighted by atomic mass is 10.2. The second kappa shape index (κ2) is 10.5. The lowest BCUT2D eigenvalue weighted by Gasteiger charge is -2.15. The van der Waals surface area contributed by atoms with Crippen LogP contribution in [0.1, 0.15) is 19.4 Å². The van der Waals surface area contributed by atoms with Gasteiger partial charge in [0.25, 0.3) is 11.8 Å². The Kier molecular flexibility index (Phi) is 8.11. The summed E-state index contributed by atoms with van der Waals surface area (Å²) in [5, 5.41) is 2.52. The van der Waals surface area contributed by atoms with Gasteiger partial charge in [0, 0.05) is 12.6 Å². The summed E-state index contributed by atoms with van der Waals surface area (Å²) in [6.45, 7) is 4.21. The van der Waals surface area contributed by atoms with Gasteiger partial charge in [-0.1, -0.05) is 12.1 Å². The van der Waals surface area contributed by atoms with E-state index in [1.807, 2.05) is 13.0 Å². The lowest BCUT2D eigenvalue weighted by molar-refractivity contribution is -0.130. The molecule has 0 saturated heterocycles. The fourth-order valence-electron chi connectivity index (χ4n) is 2.40. The van der Waals surface area contributed by atoms with Gasteiger partial charge < -0.3 is 10.1 Å². The molecule has 0 fully saturated rings. The molecule has 2 aromatic rings. The topological polar surface area (TPSA) is 143 Å². The molecule has 0 heterocycles. The van der Waals surface area contributed by atoms with E-state index in [-0.39, 0.29) is 17.4 Å². The van der Waals surface area contributed by atoms with Crippen molar-refractivity contribution in [3.63, 3.8) is 0 Å². The highest BCUT2D eigenvalue weighted by Crippen LogP contribution is 2.14. The van der Waals surface area contributed by atoms with Gasteiger partial charge in [0.05, 0.1) is 10.9 Å². The number of hydrazine groups is 1. The molecule has 0 aliphatic heterocycles. The first-order valence-corrected chi connectivity index (χ1v) is 10.7. The molecule has 11 heteroatoms. The van der Waals surface area contributed by atoms with E-state index in [4.69, 9.17) is 4.74 Å². The van der Waals surface area contributed by atoms with Gasteiger partial charge >= 0.3 is 0 Å². The number of rotatable bonds is 8. The van der Waals surface area contributed by atoms with E-state index in [1.165, 1.54) is 38.1 Å². The standard InChI is InChI=1S/C20H24N4O6S/c1-13-5-4-6-17(11-13)30-12-19(26)22-23-20(27)14(2)24-31(28,29)18-9-7-16(8-10-18)21-15(3)25/h4-11,14,24H,12H2,1-3H3,(H,21,25)(H,22,26)(H,23,27)/t14-/m0/s1. The zero-order valence-corrected chi connectivity index (χ0v) is 18.1. The van der Waals surface area contributed by atoms with Crippen LogP contribution >= 0.6 is 0 Å². The van der Waals surface area contributed by atoms with Crippen molar-refractivity contribution in [3.05, 3.63) is 54.1 Å². The average Bonchev–Trinajstić information content (AvgIpc) is 2.70. The first kappa shape index (κ1) is 23.8. The monoisotopic (exact) mass is 448 g/mol. The number of amides is 3. The minimum atomic E-state index is -4.00. The van der Waals surface area contributed by atoms with Gasteiger partial charge in [-0.15, -0.1) is 0 Å². The highest BCUT2D eigenvalue weighted by molar-refractivity contribution is 7.89. The summed E-state index contributed by atoms with van der Waals surface area (Å²) in [4.78, 5) is 34.9. The quantitative estimate of drug-likeness (QED) is 0.441. The van der Waals surface area contributed by atoms with Crippen molar-refractivity contribution in [2.24, 2.45) is 0 Å². The Balaban J connectivity index is 1.83. The zero-order valence-electron chi connectivity index (χ0n) is 17.3. The average molecular weight is 449 g/mol. The van der Waals surface area contributed by atoms with Crippen LogP contribution in [0.3, 0.4) is 0 Å². The van der Waals surface area contributed by atoms with E-state index in [9.17, 15) is 22.8 Å².